The van der Waals surface area contributed by atoms with Gasteiger partial charge in [-0.1, -0.05) is 18.2 Å². The van der Waals surface area contributed by atoms with Gasteiger partial charge in [0, 0.05) is 38.2 Å². The lowest BCUT2D eigenvalue weighted by atomic mass is 9.94. The number of carbonyl (C=O) groups is 2. The average Bonchev–Trinajstić information content (AvgIpc) is 3.21. The molecular formula is C22H23N5O2. The molecule has 4 rings (SSSR count). The van der Waals surface area contributed by atoms with E-state index in [4.69, 9.17) is 0 Å². The van der Waals surface area contributed by atoms with E-state index in [1.807, 2.05) is 35.0 Å². The van der Waals surface area contributed by atoms with E-state index in [1.54, 1.807) is 42.7 Å². The maximum absolute atomic E-state index is 13.0. The molecule has 3 aromatic rings. The van der Waals surface area contributed by atoms with Crippen molar-refractivity contribution in [2.24, 2.45) is 5.92 Å². The summed E-state index contributed by atoms with van der Waals surface area (Å²) in [6.45, 7) is 1.30. The number of hydrogen-bond acceptors (Lipinski definition) is 4. The van der Waals surface area contributed by atoms with Gasteiger partial charge < -0.3 is 10.2 Å². The zero-order valence-electron chi connectivity index (χ0n) is 16.3. The first kappa shape index (κ1) is 18.9. The van der Waals surface area contributed by atoms with Crippen LogP contribution in [0, 0.1) is 5.92 Å². The van der Waals surface area contributed by atoms with Gasteiger partial charge >= 0.3 is 0 Å². The molecule has 0 radical (unpaired) electrons. The molecular weight excluding hydrogens is 366 g/mol. The number of aryl methyl sites for hydroxylation is 1. The molecule has 0 saturated heterocycles. The highest BCUT2D eigenvalue weighted by molar-refractivity contribution is 6.06. The van der Waals surface area contributed by atoms with Crippen LogP contribution in [0.1, 0.15) is 32.8 Å². The number of amides is 2. The zero-order valence-corrected chi connectivity index (χ0v) is 16.3. The van der Waals surface area contributed by atoms with Gasteiger partial charge in [-0.05, 0) is 43.0 Å². The Hall–Kier alpha value is -3.48. The maximum Gasteiger partial charge on any atom is 0.261 e. The number of benzene rings is 1. The van der Waals surface area contributed by atoms with Gasteiger partial charge in [0.05, 0.1) is 23.0 Å². The quantitative estimate of drug-likeness (QED) is 0.727. The minimum Gasteiger partial charge on any atom is -0.352 e. The Balaban J connectivity index is 1.43. The van der Waals surface area contributed by atoms with E-state index in [9.17, 15) is 9.59 Å². The standard InChI is InChI=1S/C22H23N5O2/c1-26(18-7-3-2-4-8-18)22(29)19-15-25-27-11-9-16(12-20(19)27)13-24-21(28)17-6-5-10-23-14-17/h2-8,10,14-16H,9,11-13H2,1H3,(H,24,28)/t16-/m1/s1. The first-order valence-corrected chi connectivity index (χ1v) is 9.69. The topological polar surface area (TPSA) is 80.1 Å². The summed E-state index contributed by atoms with van der Waals surface area (Å²) < 4.78 is 1.91. The van der Waals surface area contributed by atoms with Crippen molar-refractivity contribution in [3.8, 4) is 0 Å². The summed E-state index contributed by atoms with van der Waals surface area (Å²) in [5.41, 5.74) is 2.95. The number of nitrogens with zero attached hydrogens (tertiary/aromatic N) is 4. The van der Waals surface area contributed by atoms with Gasteiger partial charge in [0.1, 0.15) is 0 Å². The molecule has 0 spiro atoms. The van der Waals surface area contributed by atoms with E-state index in [0.717, 1.165) is 24.3 Å². The number of para-hydroxylation sites is 1. The van der Waals surface area contributed by atoms with Crippen molar-refractivity contribution in [1.82, 2.24) is 20.1 Å². The smallest absolute Gasteiger partial charge is 0.261 e. The molecule has 1 aliphatic heterocycles. The lowest BCUT2D eigenvalue weighted by molar-refractivity contribution is 0.0941. The lowest BCUT2D eigenvalue weighted by Gasteiger charge is -2.25. The van der Waals surface area contributed by atoms with E-state index in [0.29, 0.717) is 24.1 Å². The number of carbonyl (C=O) groups excluding carboxylic acids is 2. The highest BCUT2D eigenvalue weighted by Crippen LogP contribution is 2.25. The molecule has 0 saturated carbocycles. The fourth-order valence-corrected chi connectivity index (χ4v) is 3.64. The summed E-state index contributed by atoms with van der Waals surface area (Å²) in [4.78, 5) is 30.9. The molecule has 1 N–H and O–H groups in total. The summed E-state index contributed by atoms with van der Waals surface area (Å²) >= 11 is 0. The molecule has 0 bridgehead atoms. The monoisotopic (exact) mass is 389 g/mol. The Morgan fingerprint density at radius 3 is 2.76 bits per heavy atom. The SMILES string of the molecule is CN(C(=O)c1cnn2c1C[C@H](CNC(=O)c1cccnc1)CC2)c1ccccc1. The van der Waals surface area contributed by atoms with E-state index in [-0.39, 0.29) is 17.7 Å². The third kappa shape index (κ3) is 4.03. The molecule has 0 unspecified atom stereocenters. The summed E-state index contributed by atoms with van der Waals surface area (Å²) in [5, 5.41) is 7.39. The van der Waals surface area contributed by atoms with Gasteiger partial charge in [0.15, 0.2) is 0 Å². The fraction of sp³-hybridized carbons (Fsp3) is 0.273. The highest BCUT2D eigenvalue weighted by Gasteiger charge is 2.27. The van der Waals surface area contributed by atoms with Crippen LogP contribution < -0.4 is 10.2 Å². The van der Waals surface area contributed by atoms with Crippen LogP contribution in [0.5, 0.6) is 0 Å². The Bertz CT molecular complexity index is 1000. The van der Waals surface area contributed by atoms with E-state index in [1.165, 1.54) is 0 Å². The Morgan fingerprint density at radius 1 is 1.17 bits per heavy atom. The van der Waals surface area contributed by atoms with Crippen molar-refractivity contribution >= 4 is 17.5 Å². The minimum atomic E-state index is -0.128. The normalized spacial score (nSPS) is 15.4. The van der Waals surface area contributed by atoms with Crippen molar-refractivity contribution in [2.45, 2.75) is 19.4 Å². The van der Waals surface area contributed by atoms with Gasteiger partial charge in [-0.25, -0.2) is 0 Å². The summed E-state index contributed by atoms with van der Waals surface area (Å²) in [6.07, 6.45) is 6.47. The third-order valence-electron chi connectivity index (χ3n) is 5.33. The number of anilines is 1. The molecule has 7 heteroatoms. The Morgan fingerprint density at radius 2 is 2.00 bits per heavy atom. The van der Waals surface area contributed by atoms with Crippen LogP contribution >= 0.6 is 0 Å². The minimum absolute atomic E-state index is 0.0718. The largest absolute Gasteiger partial charge is 0.352 e. The van der Waals surface area contributed by atoms with Crippen molar-refractivity contribution in [3.63, 3.8) is 0 Å². The second-order valence-electron chi connectivity index (χ2n) is 7.24. The third-order valence-corrected chi connectivity index (χ3v) is 5.33. The predicted molar refractivity (Wildman–Crippen MR) is 110 cm³/mol. The molecule has 3 heterocycles. The number of rotatable bonds is 5. The molecule has 2 amide bonds. The van der Waals surface area contributed by atoms with Crippen LogP contribution in [0.2, 0.25) is 0 Å². The van der Waals surface area contributed by atoms with Crippen LogP contribution in [0.4, 0.5) is 5.69 Å². The first-order valence-electron chi connectivity index (χ1n) is 9.69. The van der Waals surface area contributed by atoms with Crippen molar-refractivity contribution < 1.29 is 9.59 Å². The van der Waals surface area contributed by atoms with Crippen molar-refractivity contribution in [2.75, 3.05) is 18.5 Å². The van der Waals surface area contributed by atoms with Crippen molar-refractivity contribution in [1.29, 1.82) is 0 Å². The highest BCUT2D eigenvalue weighted by atomic mass is 16.2. The van der Waals surface area contributed by atoms with Crippen LogP contribution in [0.15, 0.2) is 61.1 Å². The van der Waals surface area contributed by atoms with Gasteiger partial charge in [-0.2, -0.15) is 5.10 Å². The number of nitrogens with one attached hydrogen (secondary N) is 1. The second kappa shape index (κ2) is 8.26. The molecule has 1 aliphatic rings. The van der Waals surface area contributed by atoms with Crippen molar-refractivity contribution in [3.05, 3.63) is 77.9 Å². The van der Waals surface area contributed by atoms with E-state index >= 15 is 0 Å². The van der Waals surface area contributed by atoms with Crippen LogP contribution in [-0.2, 0) is 13.0 Å². The first-order chi connectivity index (χ1) is 14.1. The van der Waals surface area contributed by atoms with E-state index in [2.05, 4.69) is 15.4 Å². The fourth-order valence-electron chi connectivity index (χ4n) is 3.64. The van der Waals surface area contributed by atoms with Gasteiger partial charge in [0.25, 0.3) is 11.8 Å². The van der Waals surface area contributed by atoms with E-state index < -0.39 is 0 Å². The molecule has 1 atom stereocenters. The molecule has 1 aromatic carbocycles. The Labute approximate surface area is 169 Å². The molecule has 0 fully saturated rings. The van der Waals surface area contributed by atoms with Gasteiger partial charge in [0.2, 0.25) is 0 Å². The summed E-state index contributed by atoms with van der Waals surface area (Å²) in [5.74, 6) is 0.0585. The number of aromatic nitrogens is 3. The van der Waals surface area contributed by atoms with Crippen LogP contribution in [0.3, 0.4) is 0 Å². The molecule has 148 valence electrons. The lowest BCUT2D eigenvalue weighted by Crippen LogP contribution is -2.34. The summed E-state index contributed by atoms with van der Waals surface area (Å²) in [6, 6.07) is 13.0. The second-order valence-corrected chi connectivity index (χ2v) is 7.24. The van der Waals surface area contributed by atoms with Crippen LogP contribution in [0.25, 0.3) is 0 Å². The molecule has 7 nitrogen and oxygen atoms in total. The molecule has 29 heavy (non-hydrogen) atoms. The average molecular weight is 389 g/mol. The van der Waals surface area contributed by atoms with Crippen LogP contribution in [-0.4, -0.2) is 40.2 Å². The zero-order chi connectivity index (χ0) is 20.2. The van der Waals surface area contributed by atoms with Gasteiger partial charge in [-0.15, -0.1) is 0 Å². The summed E-state index contributed by atoms with van der Waals surface area (Å²) in [7, 11) is 1.77. The number of pyridine rings is 1. The number of fused-ring (bicyclic) bond motifs is 1. The molecule has 0 aliphatic carbocycles. The van der Waals surface area contributed by atoms with Gasteiger partial charge in [-0.3, -0.25) is 19.3 Å². The predicted octanol–water partition coefficient (Wildman–Crippen LogP) is 2.55. The number of hydrogen-bond donors (Lipinski definition) is 1. The Kier molecular flexibility index (Phi) is 5.37. The molecule has 2 aromatic heterocycles. The maximum atomic E-state index is 13.0.